The Morgan fingerprint density at radius 1 is 1.47 bits per heavy atom. The zero-order chi connectivity index (χ0) is 11.5. The normalized spacial score (nSPS) is 11.7. The maximum absolute atomic E-state index is 10.9. The van der Waals surface area contributed by atoms with Crippen molar-refractivity contribution < 1.29 is 8.42 Å². The summed E-state index contributed by atoms with van der Waals surface area (Å²) in [6.07, 6.45) is 2.59. The summed E-state index contributed by atoms with van der Waals surface area (Å²) in [5.41, 5.74) is 0.790. The van der Waals surface area contributed by atoms with Crippen LogP contribution in [0.15, 0.2) is 11.4 Å². The van der Waals surface area contributed by atoms with Crippen LogP contribution in [0.3, 0.4) is 0 Å². The Hall–Kier alpha value is -0.330. The van der Waals surface area contributed by atoms with Gasteiger partial charge in [-0.2, -0.15) is 0 Å². The minimum atomic E-state index is -2.91. The molecule has 0 saturated carbocycles. The molecule has 4 nitrogen and oxygen atoms in total. The predicted molar refractivity (Wildman–Crippen MR) is 62.2 cm³/mol. The molecule has 0 bridgehead atoms. The quantitative estimate of drug-likeness (QED) is 0.612. The van der Waals surface area contributed by atoms with Crippen LogP contribution in [0, 0.1) is 6.92 Å². The van der Waals surface area contributed by atoms with Gasteiger partial charge in [-0.3, -0.25) is 0 Å². The van der Waals surface area contributed by atoms with E-state index in [1.165, 1.54) is 24.3 Å². The van der Waals surface area contributed by atoms with E-state index < -0.39 is 9.84 Å². The van der Waals surface area contributed by atoms with Crippen LogP contribution in [0.5, 0.6) is 0 Å². The van der Waals surface area contributed by atoms with Crippen molar-refractivity contribution in [1.29, 1.82) is 0 Å². The number of hydrogen-bond acceptors (Lipinski definition) is 5. The van der Waals surface area contributed by atoms with Crippen LogP contribution in [-0.2, 0) is 9.84 Å². The first-order valence-corrected chi connectivity index (χ1v) is 7.60. The molecule has 0 fully saturated rings. The molecule has 1 rings (SSSR count). The molecular formula is C8H11ClN2O2S2. The van der Waals surface area contributed by atoms with Gasteiger partial charge in [-0.05, 0) is 6.92 Å². The second-order valence-corrected chi connectivity index (χ2v) is 6.77. The minimum Gasteiger partial charge on any atom is -0.230 e. The number of halogens is 1. The summed E-state index contributed by atoms with van der Waals surface area (Å²) in [4.78, 5) is 7.85. The molecule has 1 aromatic heterocycles. The monoisotopic (exact) mass is 266 g/mol. The van der Waals surface area contributed by atoms with Crippen molar-refractivity contribution in [3.8, 4) is 0 Å². The predicted octanol–water partition coefficient (Wildman–Crippen LogP) is 1.58. The third-order valence-electron chi connectivity index (χ3n) is 1.67. The maximum Gasteiger partial charge on any atom is 0.148 e. The van der Waals surface area contributed by atoms with E-state index in [0.29, 0.717) is 10.9 Å². The molecule has 0 spiro atoms. The number of thioether (sulfide) groups is 1. The number of hydrogen-bond donors (Lipinski definition) is 0. The SMILES string of the molecule is Cc1c(Cl)ncnc1SCCS(C)(=O)=O. The summed E-state index contributed by atoms with van der Waals surface area (Å²) in [6.45, 7) is 1.81. The van der Waals surface area contributed by atoms with Crippen molar-refractivity contribution >= 4 is 33.2 Å². The van der Waals surface area contributed by atoms with Gasteiger partial charge < -0.3 is 0 Å². The van der Waals surface area contributed by atoms with Gasteiger partial charge in [-0.25, -0.2) is 18.4 Å². The molecule has 84 valence electrons. The highest BCUT2D eigenvalue weighted by molar-refractivity contribution is 8.00. The molecule has 0 aromatic carbocycles. The Morgan fingerprint density at radius 2 is 2.13 bits per heavy atom. The van der Waals surface area contributed by atoms with E-state index in [1.54, 1.807) is 0 Å². The Labute approximate surface area is 98.4 Å². The zero-order valence-electron chi connectivity index (χ0n) is 8.40. The van der Waals surface area contributed by atoms with Gasteiger partial charge in [-0.15, -0.1) is 11.8 Å². The number of aromatic nitrogens is 2. The van der Waals surface area contributed by atoms with Crippen LogP contribution in [0.2, 0.25) is 5.15 Å². The highest BCUT2D eigenvalue weighted by Crippen LogP contribution is 2.23. The summed E-state index contributed by atoms with van der Waals surface area (Å²) < 4.78 is 21.8. The molecule has 1 heterocycles. The molecule has 0 atom stereocenters. The molecule has 0 N–H and O–H groups in total. The zero-order valence-corrected chi connectivity index (χ0v) is 10.8. The summed E-state index contributed by atoms with van der Waals surface area (Å²) in [6, 6.07) is 0. The molecule has 0 radical (unpaired) electrons. The van der Waals surface area contributed by atoms with Crippen molar-refractivity contribution in [1.82, 2.24) is 9.97 Å². The van der Waals surface area contributed by atoms with Crippen LogP contribution < -0.4 is 0 Å². The third-order valence-corrected chi connectivity index (χ3v) is 4.35. The standard InChI is InChI=1S/C8H11ClN2O2S2/c1-6-7(9)10-5-11-8(6)14-3-4-15(2,12)13/h5H,3-4H2,1-2H3. The summed E-state index contributed by atoms with van der Waals surface area (Å²) in [5.74, 6) is 0.617. The van der Waals surface area contributed by atoms with Gasteiger partial charge in [0.05, 0.1) is 5.75 Å². The minimum absolute atomic E-state index is 0.138. The largest absolute Gasteiger partial charge is 0.230 e. The van der Waals surface area contributed by atoms with Crippen molar-refractivity contribution in [3.05, 3.63) is 17.0 Å². The van der Waals surface area contributed by atoms with Gasteiger partial charge in [0.15, 0.2) is 0 Å². The molecule has 1 aromatic rings. The highest BCUT2D eigenvalue weighted by atomic mass is 35.5. The van der Waals surface area contributed by atoms with Crippen molar-refractivity contribution in [2.75, 3.05) is 17.8 Å². The lowest BCUT2D eigenvalue weighted by Crippen LogP contribution is -2.05. The van der Waals surface area contributed by atoms with E-state index in [9.17, 15) is 8.42 Å². The lowest BCUT2D eigenvalue weighted by atomic mass is 10.4. The summed E-state index contributed by atoms with van der Waals surface area (Å²) in [7, 11) is -2.91. The van der Waals surface area contributed by atoms with Crippen LogP contribution in [0.25, 0.3) is 0 Å². The van der Waals surface area contributed by atoms with Crippen molar-refractivity contribution in [2.24, 2.45) is 0 Å². The van der Waals surface area contributed by atoms with Gasteiger partial charge >= 0.3 is 0 Å². The van der Waals surface area contributed by atoms with Crippen LogP contribution in [0.1, 0.15) is 5.56 Å². The number of nitrogens with zero attached hydrogens (tertiary/aromatic N) is 2. The summed E-state index contributed by atoms with van der Waals surface area (Å²) >= 11 is 7.17. The van der Waals surface area contributed by atoms with Gasteiger partial charge in [-0.1, -0.05) is 11.6 Å². The van der Waals surface area contributed by atoms with Crippen molar-refractivity contribution in [3.63, 3.8) is 0 Å². The maximum atomic E-state index is 10.9. The molecule has 7 heteroatoms. The highest BCUT2D eigenvalue weighted by Gasteiger charge is 2.07. The van der Waals surface area contributed by atoms with Gasteiger partial charge in [0.1, 0.15) is 26.3 Å². The average molecular weight is 267 g/mol. The fourth-order valence-corrected chi connectivity index (χ4v) is 3.21. The van der Waals surface area contributed by atoms with Crippen LogP contribution in [0.4, 0.5) is 0 Å². The Bertz CT molecular complexity index is 448. The Morgan fingerprint density at radius 3 is 2.73 bits per heavy atom. The first-order valence-electron chi connectivity index (χ1n) is 4.18. The molecule has 0 aliphatic carbocycles. The number of sulfone groups is 1. The third kappa shape index (κ3) is 4.36. The lowest BCUT2D eigenvalue weighted by Gasteiger charge is -2.04. The molecule has 15 heavy (non-hydrogen) atoms. The van der Waals surface area contributed by atoms with Crippen LogP contribution in [-0.4, -0.2) is 36.1 Å². The fraction of sp³-hybridized carbons (Fsp3) is 0.500. The molecule has 0 aliphatic rings. The molecular weight excluding hydrogens is 256 g/mol. The van der Waals surface area contributed by atoms with E-state index in [4.69, 9.17) is 11.6 Å². The summed E-state index contributed by atoms with van der Waals surface area (Å²) in [5, 5.41) is 1.14. The Balaban J connectivity index is 2.62. The van der Waals surface area contributed by atoms with Crippen LogP contribution >= 0.6 is 23.4 Å². The first kappa shape index (κ1) is 12.7. The topological polar surface area (TPSA) is 59.9 Å². The van der Waals surface area contributed by atoms with E-state index in [0.717, 1.165) is 10.6 Å². The van der Waals surface area contributed by atoms with Crippen molar-refractivity contribution in [2.45, 2.75) is 11.9 Å². The van der Waals surface area contributed by atoms with Gasteiger partial charge in [0, 0.05) is 17.6 Å². The second kappa shape index (κ2) is 5.14. The smallest absolute Gasteiger partial charge is 0.148 e. The molecule has 0 aliphatic heterocycles. The molecule has 0 amide bonds. The lowest BCUT2D eigenvalue weighted by molar-refractivity contribution is 0.603. The fourth-order valence-electron chi connectivity index (χ4n) is 0.849. The van der Waals surface area contributed by atoms with E-state index in [-0.39, 0.29) is 5.75 Å². The van der Waals surface area contributed by atoms with E-state index in [1.807, 2.05) is 6.92 Å². The molecule has 0 unspecified atom stereocenters. The first-order chi connectivity index (χ1) is 6.90. The number of rotatable bonds is 4. The van der Waals surface area contributed by atoms with E-state index >= 15 is 0 Å². The average Bonchev–Trinajstić information content (AvgIpc) is 2.10. The second-order valence-electron chi connectivity index (χ2n) is 3.07. The van der Waals surface area contributed by atoms with E-state index in [2.05, 4.69) is 9.97 Å². The van der Waals surface area contributed by atoms with Gasteiger partial charge in [0.2, 0.25) is 0 Å². The Kier molecular flexibility index (Phi) is 4.36. The molecule has 0 saturated heterocycles. The van der Waals surface area contributed by atoms with Gasteiger partial charge in [0.25, 0.3) is 0 Å².